The minimum absolute atomic E-state index is 0.839. The summed E-state index contributed by atoms with van der Waals surface area (Å²) in [5.74, 6) is 0.839. The van der Waals surface area contributed by atoms with Crippen LogP contribution in [0.5, 0.6) is 0 Å². The van der Waals surface area contributed by atoms with Gasteiger partial charge in [-0.2, -0.15) is 0 Å². The topological polar surface area (TPSA) is 15.8 Å². The Balaban J connectivity index is 1.96. The fourth-order valence-corrected chi connectivity index (χ4v) is 2.38. The first-order chi connectivity index (χ1) is 6.47. The minimum atomic E-state index is 0.839. The molecule has 1 heteroatoms. The molecule has 0 amide bonds. The zero-order chi connectivity index (χ0) is 8.93. The lowest BCUT2D eigenvalue weighted by Crippen LogP contribution is -2.00. The van der Waals surface area contributed by atoms with E-state index < -0.39 is 0 Å². The first-order valence-electron chi connectivity index (χ1n) is 5.59. The van der Waals surface area contributed by atoms with Crippen molar-refractivity contribution >= 4 is 0 Å². The molecule has 0 saturated heterocycles. The first-order valence-corrected chi connectivity index (χ1v) is 5.59. The predicted molar refractivity (Wildman–Crippen MR) is 55.9 cm³/mol. The molecule has 0 spiro atoms. The van der Waals surface area contributed by atoms with Crippen molar-refractivity contribution in [2.75, 3.05) is 0 Å². The Kier molecular flexibility index (Phi) is 3.07. The van der Waals surface area contributed by atoms with E-state index in [-0.39, 0.29) is 0 Å². The highest BCUT2D eigenvalue weighted by Crippen LogP contribution is 2.30. The minimum Gasteiger partial charge on any atom is -0.367 e. The van der Waals surface area contributed by atoms with E-state index in [9.17, 15) is 0 Å². The first kappa shape index (κ1) is 8.86. The number of nitrogens with one attached hydrogen (secondary N) is 1. The largest absolute Gasteiger partial charge is 0.367 e. The summed E-state index contributed by atoms with van der Waals surface area (Å²) in [5.41, 5.74) is 1.53. The maximum atomic E-state index is 3.16. The summed E-state index contributed by atoms with van der Waals surface area (Å²) in [6.45, 7) is 0. The third kappa shape index (κ3) is 2.36. The molecule has 1 aliphatic rings. The van der Waals surface area contributed by atoms with Gasteiger partial charge in [0.1, 0.15) is 0 Å². The molecule has 72 valence electrons. The van der Waals surface area contributed by atoms with E-state index in [1.54, 1.807) is 0 Å². The summed E-state index contributed by atoms with van der Waals surface area (Å²) in [5, 5.41) is 0. The Morgan fingerprint density at radius 3 is 2.31 bits per heavy atom. The highest BCUT2D eigenvalue weighted by Gasteiger charge is 2.13. The van der Waals surface area contributed by atoms with E-state index in [4.69, 9.17) is 0 Å². The molecule has 0 aromatic carbocycles. The van der Waals surface area contributed by atoms with Crippen LogP contribution in [0.4, 0.5) is 0 Å². The number of hydrogen-bond acceptors (Lipinski definition) is 0. The predicted octanol–water partition coefficient (Wildman–Crippen LogP) is 3.84. The summed E-state index contributed by atoms with van der Waals surface area (Å²) < 4.78 is 0. The molecule has 0 radical (unpaired) electrons. The molecule has 1 aromatic heterocycles. The quantitative estimate of drug-likeness (QED) is 0.670. The van der Waals surface area contributed by atoms with Crippen molar-refractivity contribution in [3.8, 4) is 0 Å². The van der Waals surface area contributed by atoms with Gasteiger partial charge in [0.15, 0.2) is 0 Å². The Morgan fingerprint density at radius 1 is 1.00 bits per heavy atom. The van der Waals surface area contributed by atoms with Crippen molar-refractivity contribution in [3.63, 3.8) is 0 Å². The summed E-state index contributed by atoms with van der Waals surface area (Å²) in [4.78, 5) is 3.16. The Morgan fingerprint density at radius 2 is 1.69 bits per heavy atom. The number of aromatic amines is 1. The summed E-state index contributed by atoms with van der Waals surface area (Å²) in [6.07, 6.45) is 14.2. The average molecular weight is 177 g/mol. The van der Waals surface area contributed by atoms with Crippen LogP contribution in [0.25, 0.3) is 0 Å². The van der Waals surface area contributed by atoms with Crippen LogP contribution >= 0.6 is 0 Å². The number of rotatable bonds is 1. The Bertz CT molecular complexity index is 217. The third-order valence-corrected chi connectivity index (χ3v) is 3.20. The van der Waals surface area contributed by atoms with Crippen LogP contribution in [0, 0.1) is 0 Å². The average Bonchev–Trinajstić information content (AvgIpc) is 2.55. The molecule has 0 atom stereocenters. The van der Waals surface area contributed by atoms with Crippen molar-refractivity contribution in [2.45, 2.75) is 50.9 Å². The van der Waals surface area contributed by atoms with Crippen LogP contribution in [0.15, 0.2) is 18.5 Å². The fourth-order valence-electron chi connectivity index (χ4n) is 2.38. The second-order valence-electron chi connectivity index (χ2n) is 4.19. The smallest absolute Gasteiger partial charge is 0.00401 e. The number of aromatic nitrogens is 1. The van der Waals surface area contributed by atoms with Gasteiger partial charge in [0.2, 0.25) is 0 Å². The second-order valence-corrected chi connectivity index (χ2v) is 4.19. The maximum Gasteiger partial charge on any atom is 0.00401 e. The standard InChI is InChI=1S/C12H19N/c1-2-4-6-11(7-5-3-1)12-8-9-13-10-12/h8-11,13H,1-7H2. The van der Waals surface area contributed by atoms with Gasteiger partial charge in [0.05, 0.1) is 0 Å². The molecule has 0 unspecified atom stereocenters. The van der Waals surface area contributed by atoms with Crippen LogP contribution in [-0.2, 0) is 0 Å². The van der Waals surface area contributed by atoms with Gasteiger partial charge in [-0.05, 0) is 30.4 Å². The van der Waals surface area contributed by atoms with Crippen molar-refractivity contribution < 1.29 is 0 Å². The highest BCUT2D eigenvalue weighted by molar-refractivity contribution is 5.14. The molecular formula is C12H19N. The van der Waals surface area contributed by atoms with Crippen LogP contribution in [0.1, 0.15) is 56.4 Å². The zero-order valence-electron chi connectivity index (χ0n) is 8.26. The van der Waals surface area contributed by atoms with Gasteiger partial charge >= 0.3 is 0 Å². The van der Waals surface area contributed by atoms with Crippen LogP contribution < -0.4 is 0 Å². The normalized spacial score (nSPS) is 20.9. The van der Waals surface area contributed by atoms with Gasteiger partial charge in [-0.25, -0.2) is 0 Å². The zero-order valence-corrected chi connectivity index (χ0v) is 8.26. The van der Waals surface area contributed by atoms with Gasteiger partial charge in [0, 0.05) is 12.4 Å². The Hall–Kier alpha value is -0.720. The molecule has 1 nitrogen and oxygen atoms in total. The van der Waals surface area contributed by atoms with E-state index in [0.717, 1.165) is 5.92 Å². The molecule has 1 saturated carbocycles. The van der Waals surface area contributed by atoms with Crippen LogP contribution in [0.3, 0.4) is 0 Å². The molecule has 1 aliphatic carbocycles. The lowest BCUT2D eigenvalue weighted by atomic mass is 9.87. The van der Waals surface area contributed by atoms with Gasteiger partial charge in [-0.1, -0.05) is 32.1 Å². The third-order valence-electron chi connectivity index (χ3n) is 3.20. The van der Waals surface area contributed by atoms with Crippen molar-refractivity contribution in [1.29, 1.82) is 0 Å². The van der Waals surface area contributed by atoms with Crippen molar-refractivity contribution in [2.24, 2.45) is 0 Å². The lowest BCUT2D eigenvalue weighted by Gasteiger charge is -2.18. The molecule has 1 N–H and O–H groups in total. The van der Waals surface area contributed by atoms with E-state index >= 15 is 0 Å². The monoisotopic (exact) mass is 177 g/mol. The van der Waals surface area contributed by atoms with Gasteiger partial charge < -0.3 is 4.98 Å². The van der Waals surface area contributed by atoms with E-state index in [2.05, 4.69) is 17.2 Å². The van der Waals surface area contributed by atoms with Gasteiger partial charge in [-0.15, -0.1) is 0 Å². The molecule has 0 bridgehead atoms. The SMILES string of the molecule is c1cc(C2CCCCCCC2)c[nH]1. The molecule has 2 rings (SSSR count). The molecule has 1 aromatic rings. The van der Waals surface area contributed by atoms with Crippen LogP contribution in [-0.4, -0.2) is 4.98 Å². The second kappa shape index (κ2) is 4.50. The molecule has 1 heterocycles. The summed E-state index contributed by atoms with van der Waals surface area (Å²) >= 11 is 0. The van der Waals surface area contributed by atoms with E-state index in [0.29, 0.717) is 0 Å². The Labute approximate surface area is 80.6 Å². The molecule has 13 heavy (non-hydrogen) atoms. The number of hydrogen-bond donors (Lipinski definition) is 1. The van der Waals surface area contributed by atoms with E-state index in [1.807, 2.05) is 6.20 Å². The van der Waals surface area contributed by atoms with Gasteiger partial charge in [-0.3, -0.25) is 0 Å². The van der Waals surface area contributed by atoms with Crippen molar-refractivity contribution in [3.05, 3.63) is 24.0 Å². The fraction of sp³-hybridized carbons (Fsp3) is 0.667. The molecular weight excluding hydrogens is 158 g/mol. The molecule has 0 aliphatic heterocycles. The summed E-state index contributed by atoms with van der Waals surface area (Å²) in [6, 6.07) is 2.24. The van der Waals surface area contributed by atoms with Gasteiger partial charge in [0.25, 0.3) is 0 Å². The van der Waals surface area contributed by atoms with E-state index in [1.165, 1.54) is 50.5 Å². The summed E-state index contributed by atoms with van der Waals surface area (Å²) in [7, 11) is 0. The van der Waals surface area contributed by atoms with Crippen molar-refractivity contribution in [1.82, 2.24) is 4.98 Å². The highest BCUT2D eigenvalue weighted by atomic mass is 14.6. The number of H-pyrrole nitrogens is 1. The molecule has 1 fully saturated rings. The van der Waals surface area contributed by atoms with Crippen LogP contribution in [0.2, 0.25) is 0 Å². The lowest BCUT2D eigenvalue weighted by molar-refractivity contribution is 0.456. The maximum absolute atomic E-state index is 3.16.